The molecule has 2 atom stereocenters. The van der Waals surface area contributed by atoms with Crippen LogP contribution in [0.25, 0.3) is 0 Å². The summed E-state index contributed by atoms with van der Waals surface area (Å²) in [6, 6.07) is 3.78. The zero-order valence-corrected chi connectivity index (χ0v) is 11.2. The Morgan fingerprint density at radius 2 is 2.33 bits per heavy atom. The van der Waals surface area contributed by atoms with Crippen molar-refractivity contribution in [1.29, 1.82) is 0 Å². The Balaban J connectivity index is 1.97. The maximum absolute atomic E-state index is 11.8. The minimum absolute atomic E-state index is 0.0109. The van der Waals surface area contributed by atoms with Gasteiger partial charge in [-0.15, -0.1) is 11.3 Å². The van der Waals surface area contributed by atoms with Gasteiger partial charge in [-0.25, -0.2) is 0 Å². The zero-order valence-electron chi connectivity index (χ0n) is 8.00. The minimum atomic E-state index is -0.0109. The lowest BCUT2D eigenvalue weighted by Gasteiger charge is -2.15. The van der Waals surface area contributed by atoms with E-state index in [-0.39, 0.29) is 11.9 Å². The van der Waals surface area contributed by atoms with Gasteiger partial charge >= 0.3 is 0 Å². The van der Waals surface area contributed by atoms with Crippen molar-refractivity contribution in [3.05, 3.63) is 21.3 Å². The molecule has 2 unspecified atom stereocenters. The summed E-state index contributed by atoms with van der Waals surface area (Å²) in [7, 11) is 0. The maximum Gasteiger partial charge on any atom is 0.261 e. The third kappa shape index (κ3) is 2.74. The molecule has 0 aliphatic heterocycles. The first kappa shape index (κ1) is 11.4. The van der Waals surface area contributed by atoms with Gasteiger partial charge in [-0.05, 0) is 25.0 Å². The SMILES string of the molecule is O=C(NC1CCCC1Br)c1ccc(Cl)s1. The fraction of sp³-hybridized carbons (Fsp3) is 0.500. The highest BCUT2D eigenvalue weighted by atomic mass is 79.9. The summed E-state index contributed by atoms with van der Waals surface area (Å²) >= 11 is 10.7. The summed E-state index contributed by atoms with van der Waals surface area (Å²) in [5.74, 6) is -0.0109. The van der Waals surface area contributed by atoms with Crippen molar-refractivity contribution < 1.29 is 4.79 Å². The van der Waals surface area contributed by atoms with E-state index < -0.39 is 0 Å². The van der Waals surface area contributed by atoms with Gasteiger partial charge in [0.1, 0.15) is 0 Å². The van der Waals surface area contributed by atoms with E-state index in [9.17, 15) is 4.79 Å². The molecule has 5 heteroatoms. The first-order valence-corrected chi connectivity index (χ1v) is 6.98. The highest BCUT2D eigenvalue weighted by molar-refractivity contribution is 9.09. The van der Waals surface area contributed by atoms with Gasteiger partial charge in [-0.1, -0.05) is 34.0 Å². The van der Waals surface area contributed by atoms with Crippen LogP contribution < -0.4 is 5.32 Å². The molecular weight excluding hydrogens is 298 g/mol. The molecule has 0 saturated heterocycles. The van der Waals surface area contributed by atoms with E-state index >= 15 is 0 Å². The molecule has 0 bridgehead atoms. The summed E-state index contributed by atoms with van der Waals surface area (Å²) in [6.45, 7) is 0. The molecule has 1 aromatic rings. The number of carbonyl (C=O) groups excluding carboxylic acids is 1. The number of carbonyl (C=O) groups is 1. The van der Waals surface area contributed by atoms with Crippen molar-refractivity contribution in [1.82, 2.24) is 5.32 Å². The van der Waals surface area contributed by atoms with Crippen LogP contribution in [-0.4, -0.2) is 16.8 Å². The van der Waals surface area contributed by atoms with Crippen molar-refractivity contribution in [2.75, 3.05) is 0 Å². The average Bonchev–Trinajstić information content (AvgIpc) is 2.77. The lowest BCUT2D eigenvalue weighted by molar-refractivity contribution is 0.0943. The van der Waals surface area contributed by atoms with Gasteiger partial charge in [0.05, 0.1) is 9.21 Å². The number of amides is 1. The predicted octanol–water partition coefficient (Wildman–Crippen LogP) is 3.45. The minimum Gasteiger partial charge on any atom is -0.347 e. The molecule has 0 aromatic carbocycles. The van der Waals surface area contributed by atoms with Crippen molar-refractivity contribution >= 4 is 44.8 Å². The van der Waals surface area contributed by atoms with Gasteiger partial charge in [0.2, 0.25) is 0 Å². The monoisotopic (exact) mass is 307 g/mol. The second kappa shape index (κ2) is 4.85. The van der Waals surface area contributed by atoms with E-state index in [1.807, 2.05) is 0 Å². The molecule has 1 N–H and O–H groups in total. The average molecular weight is 309 g/mol. The van der Waals surface area contributed by atoms with Crippen molar-refractivity contribution in [2.24, 2.45) is 0 Å². The van der Waals surface area contributed by atoms with Crippen molar-refractivity contribution in [2.45, 2.75) is 30.1 Å². The number of hydrogen-bond donors (Lipinski definition) is 1. The smallest absolute Gasteiger partial charge is 0.261 e. The quantitative estimate of drug-likeness (QED) is 0.833. The Morgan fingerprint density at radius 1 is 1.53 bits per heavy atom. The molecule has 1 saturated carbocycles. The number of nitrogens with one attached hydrogen (secondary N) is 1. The Labute approximate surface area is 106 Å². The summed E-state index contributed by atoms with van der Waals surface area (Å²) in [5, 5.41) is 3.02. The molecule has 15 heavy (non-hydrogen) atoms. The molecule has 1 aromatic heterocycles. The van der Waals surface area contributed by atoms with Crippen molar-refractivity contribution in [3.63, 3.8) is 0 Å². The van der Waals surface area contributed by atoms with Crippen LogP contribution in [0.3, 0.4) is 0 Å². The molecule has 1 heterocycles. The molecule has 1 fully saturated rings. The van der Waals surface area contributed by atoms with Crippen LogP contribution in [0.5, 0.6) is 0 Å². The van der Waals surface area contributed by atoms with Gasteiger partial charge in [0.25, 0.3) is 5.91 Å². The molecule has 2 nitrogen and oxygen atoms in total. The molecular formula is C10H11BrClNOS. The number of alkyl halides is 1. The Morgan fingerprint density at radius 3 is 2.87 bits per heavy atom. The Bertz CT molecular complexity index is 368. The summed E-state index contributed by atoms with van der Waals surface area (Å²) in [4.78, 5) is 12.9. The third-order valence-electron chi connectivity index (χ3n) is 2.55. The van der Waals surface area contributed by atoms with Crippen LogP contribution in [-0.2, 0) is 0 Å². The van der Waals surface area contributed by atoms with Gasteiger partial charge in [-0.3, -0.25) is 4.79 Å². The topological polar surface area (TPSA) is 29.1 Å². The maximum atomic E-state index is 11.8. The molecule has 1 aliphatic rings. The van der Waals surface area contributed by atoms with E-state index in [0.29, 0.717) is 14.0 Å². The Hall–Kier alpha value is -0.0600. The number of halogens is 2. The van der Waals surface area contributed by atoms with E-state index in [1.54, 1.807) is 12.1 Å². The first-order chi connectivity index (χ1) is 7.16. The van der Waals surface area contributed by atoms with E-state index in [4.69, 9.17) is 11.6 Å². The second-order valence-electron chi connectivity index (χ2n) is 3.63. The highest BCUT2D eigenvalue weighted by Gasteiger charge is 2.26. The van der Waals surface area contributed by atoms with E-state index in [1.165, 1.54) is 17.8 Å². The van der Waals surface area contributed by atoms with Gasteiger partial charge in [0.15, 0.2) is 0 Å². The second-order valence-corrected chi connectivity index (χ2v) is 6.52. The highest BCUT2D eigenvalue weighted by Crippen LogP contribution is 2.27. The summed E-state index contributed by atoms with van der Waals surface area (Å²) < 4.78 is 0.655. The summed E-state index contributed by atoms with van der Waals surface area (Å²) in [5.41, 5.74) is 0. The third-order valence-corrected chi connectivity index (χ3v) is 4.87. The lowest BCUT2D eigenvalue weighted by atomic mass is 10.2. The molecule has 1 amide bonds. The summed E-state index contributed by atoms with van der Waals surface area (Å²) in [6.07, 6.45) is 3.36. The molecule has 82 valence electrons. The van der Waals surface area contributed by atoms with Gasteiger partial charge in [0, 0.05) is 10.9 Å². The van der Waals surface area contributed by atoms with Crippen LogP contribution in [0.15, 0.2) is 12.1 Å². The first-order valence-electron chi connectivity index (χ1n) is 4.87. The molecule has 0 radical (unpaired) electrons. The number of hydrogen-bond acceptors (Lipinski definition) is 2. The van der Waals surface area contributed by atoms with Gasteiger partial charge in [-0.2, -0.15) is 0 Å². The van der Waals surface area contributed by atoms with Crippen molar-refractivity contribution in [3.8, 4) is 0 Å². The van der Waals surface area contributed by atoms with Crippen LogP contribution in [0.2, 0.25) is 4.34 Å². The van der Waals surface area contributed by atoms with Crippen LogP contribution in [0.4, 0.5) is 0 Å². The number of thiophene rings is 1. The predicted molar refractivity (Wildman–Crippen MR) is 67.1 cm³/mol. The Kier molecular flexibility index (Phi) is 3.69. The van der Waals surface area contributed by atoms with Crippen LogP contribution in [0.1, 0.15) is 28.9 Å². The fourth-order valence-corrected chi connectivity index (χ4v) is 3.42. The standard InChI is InChI=1S/C10H11BrClNOS/c11-6-2-1-3-7(6)13-10(14)8-4-5-9(12)15-8/h4-7H,1-3H2,(H,13,14). The lowest BCUT2D eigenvalue weighted by Crippen LogP contribution is -2.37. The fourth-order valence-electron chi connectivity index (χ4n) is 1.75. The zero-order chi connectivity index (χ0) is 10.8. The number of rotatable bonds is 2. The van der Waals surface area contributed by atoms with Gasteiger partial charge < -0.3 is 5.32 Å². The van der Waals surface area contributed by atoms with Crippen LogP contribution >= 0.6 is 38.9 Å². The van der Waals surface area contributed by atoms with E-state index in [2.05, 4.69) is 21.2 Å². The molecule has 0 spiro atoms. The molecule has 1 aliphatic carbocycles. The molecule has 2 rings (SSSR count). The van der Waals surface area contributed by atoms with E-state index in [0.717, 1.165) is 12.8 Å². The largest absolute Gasteiger partial charge is 0.347 e. The normalized spacial score (nSPS) is 25.5. The van der Waals surface area contributed by atoms with Crippen LogP contribution in [0, 0.1) is 0 Å².